The first-order valence-electron chi connectivity index (χ1n) is 7.00. The van der Waals surface area contributed by atoms with Crippen molar-refractivity contribution in [2.24, 2.45) is 0 Å². The summed E-state index contributed by atoms with van der Waals surface area (Å²) in [5.41, 5.74) is 0.519. The van der Waals surface area contributed by atoms with Crippen LogP contribution in [-0.2, 0) is 9.59 Å². The predicted octanol–water partition coefficient (Wildman–Crippen LogP) is 1.37. The van der Waals surface area contributed by atoms with Crippen molar-refractivity contribution in [1.82, 2.24) is 9.80 Å². The Morgan fingerprint density at radius 1 is 1.22 bits per heavy atom. The number of benzene rings is 1. The molecule has 1 aliphatic heterocycles. The Morgan fingerprint density at radius 2 is 1.87 bits per heavy atom. The molecule has 7 nitrogen and oxygen atoms in total. The van der Waals surface area contributed by atoms with Gasteiger partial charge in [-0.2, -0.15) is 0 Å². The molecule has 1 aromatic carbocycles. The van der Waals surface area contributed by atoms with Crippen LogP contribution in [0, 0.1) is 0 Å². The zero-order valence-electron chi connectivity index (χ0n) is 12.4. The van der Waals surface area contributed by atoms with Gasteiger partial charge < -0.3 is 10.0 Å². The number of carboxylic acids is 1. The molecule has 0 atom stereocenters. The van der Waals surface area contributed by atoms with Gasteiger partial charge >= 0.3 is 5.97 Å². The standard InChI is InChI=1S/C15H15BrN2O5/c1-2-17(6-5-13(20)21)12(19)8-18-14(22)10-4-3-9(16)7-11(10)15(18)23/h3-4,7H,2,5-6,8H2,1H3,(H,20,21). The molecule has 0 bridgehead atoms. The largest absolute Gasteiger partial charge is 0.481 e. The molecule has 1 N–H and O–H groups in total. The van der Waals surface area contributed by atoms with Gasteiger partial charge in [-0.3, -0.25) is 24.1 Å². The van der Waals surface area contributed by atoms with Crippen LogP contribution in [0.25, 0.3) is 0 Å². The molecule has 0 radical (unpaired) electrons. The molecule has 0 saturated heterocycles. The van der Waals surface area contributed by atoms with Gasteiger partial charge in [0.15, 0.2) is 0 Å². The molecule has 23 heavy (non-hydrogen) atoms. The fourth-order valence-corrected chi connectivity index (χ4v) is 2.69. The van der Waals surface area contributed by atoms with Crippen molar-refractivity contribution in [1.29, 1.82) is 0 Å². The number of nitrogens with zero attached hydrogens (tertiary/aromatic N) is 2. The van der Waals surface area contributed by atoms with E-state index in [1.54, 1.807) is 19.1 Å². The van der Waals surface area contributed by atoms with Crippen molar-refractivity contribution in [3.8, 4) is 0 Å². The molecule has 0 aromatic heterocycles. The van der Waals surface area contributed by atoms with Crippen LogP contribution < -0.4 is 0 Å². The van der Waals surface area contributed by atoms with Gasteiger partial charge in [-0.05, 0) is 25.1 Å². The molecule has 0 unspecified atom stereocenters. The van der Waals surface area contributed by atoms with E-state index in [1.165, 1.54) is 11.0 Å². The maximum absolute atomic E-state index is 12.3. The van der Waals surface area contributed by atoms with E-state index in [2.05, 4.69) is 15.9 Å². The van der Waals surface area contributed by atoms with Crippen LogP contribution in [0.4, 0.5) is 0 Å². The first kappa shape index (κ1) is 17.1. The molecule has 0 fully saturated rings. The van der Waals surface area contributed by atoms with E-state index >= 15 is 0 Å². The summed E-state index contributed by atoms with van der Waals surface area (Å²) in [5.74, 6) is -2.50. The van der Waals surface area contributed by atoms with E-state index in [4.69, 9.17) is 5.11 Å². The fraction of sp³-hybridized carbons (Fsp3) is 0.333. The van der Waals surface area contributed by atoms with Gasteiger partial charge in [0, 0.05) is 17.6 Å². The van der Waals surface area contributed by atoms with Crippen molar-refractivity contribution in [2.45, 2.75) is 13.3 Å². The smallest absolute Gasteiger partial charge is 0.305 e. The fourth-order valence-electron chi connectivity index (χ4n) is 2.33. The number of rotatable bonds is 6. The monoisotopic (exact) mass is 382 g/mol. The number of fused-ring (bicyclic) bond motifs is 1. The molecule has 1 heterocycles. The van der Waals surface area contributed by atoms with Crippen molar-refractivity contribution < 1.29 is 24.3 Å². The summed E-state index contributed by atoms with van der Waals surface area (Å²) in [4.78, 5) is 49.6. The van der Waals surface area contributed by atoms with Crippen LogP contribution in [0.15, 0.2) is 22.7 Å². The third-order valence-electron chi connectivity index (χ3n) is 3.56. The highest BCUT2D eigenvalue weighted by molar-refractivity contribution is 9.10. The molecule has 122 valence electrons. The molecule has 0 spiro atoms. The van der Waals surface area contributed by atoms with Crippen molar-refractivity contribution >= 4 is 39.6 Å². The SMILES string of the molecule is CCN(CCC(=O)O)C(=O)CN1C(=O)c2ccc(Br)cc2C1=O. The number of halogens is 1. The van der Waals surface area contributed by atoms with Gasteiger partial charge in [-0.1, -0.05) is 15.9 Å². The second kappa shape index (κ2) is 6.91. The Bertz CT molecular complexity index is 688. The number of likely N-dealkylation sites (N-methyl/N-ethyl adjacent to an activating group) is 1. The first-order valence-corrected chi connectivity index (χ1v) is 7.79. The van der Waals surface area contributed by atoms with E-state index in [1.807, 2.05) is 0 Å². The number of imide groups is 1. The van der Waals surface area contributed by atoms with E-state index in [-0.39, 0.29) is 24.1 Å². The average molecular weight is 383 g/mol. The van der Waals surface area contributed by atoms with Gasteiger partial charge in [0.1, 0.15) is 6.54 Å². The Labute approximate surface area is 141 Å². The topological polar surface area (TPSA) is 95.0 Å². The van der Waals surface area contributed by atoms with Crippen LogP contribution in [0.1, 0.15) is 34.1 Å². The highest BCUT2D eigenvalue weighted by Crippen LogP contribution is 2.25. The van der Waals surface area contributed by atoms with E-state index in [0.29, 0.717) is 11.0 Å². The maximum atomic E-state index is 12.3. The number of hydrogen-bond acceptors (Lipinski definition) is 4. The van der Waals surface area contributed by atoms with Crippen LogP contribution in [-0.4, -0.2) is 58.2 Å². The first-order chi connectivity index (χ1) is 10.8. The van der Waals surface area contributed by atoms with E-state index in [0.717, 1.165) is 4.90 Å². The number of carbonyl (C=O) groups excluding carboxylic acids is 3. The lowest BCUT2D eigenvalue weighted by Crippen LogP contribution is -2.43. The third kappa shape index (κ3) is 3.58. The highest BCUT2D eigenvalue weighted by atomic mass is 79.9. The van der Waals surface area contributed by atoms with Crippen molar-refractivity contribution in [2.75, 3.05) is 19.6 Å². The Hall–Kier alpha value is -2.22. The molecule has 8 heteroatoms. The number of carboxylic acid groups (broad SMARTS) is 1. The van der Waals surface area contributed by atoms with Gasteiger partial charge in [0.25, 0.3) is 11.8 Å². The lowest BCUT2D eigenvalue weighted by molar-refractivity contribution is -0.138. The summed E-state index contributed by atoms with van der Waals surface area (Å²) in [6, 6.07) is 4.73. The van der Waals surface area contributed by atoms with Gasteiger partial charge in [-0.15, -0.1) is 0 Å². The van der Waals surface area contributed by atoms with Crippen molar-refractivity contribution in [3.05, 3.63) is 33.8 Å². The minimum Gasteiger partial charge on any atom is -0.481 e. The van der Waals surface area contributed by atoms with Gasteiger partial charge in [0.2, 0.25) is 5.91 Å². The zero-order chi connectivity index (χ0) is 17.1. The Kier molecular flexibility index (Phi) is 5.15. The number of amides is 3. The molecule has 0 saturated carbocycles. The minimum atomic E-state index is -1.01. The predicted molar refractivity (Wildman–Crippen MR) is 84.0 cm³/mol. The third-order valence-corrected chi connectivity index (χ3v) is 4.05. The Balaban J connectivity index is 2.11. The van der Waals surface area contributed by atoms with Crippen LogP contribution >= 0.6 is 15.9 Å². The van der Waals surface area contributed by atoms with E-state index < -0.39 is 30.2 Å². The molecule has 1 aliphatic rings. The number of aliphatic carboxylic acids is 1. The summed E-state index contributed by atoms with van der Waals surface area (Å²) < 4.78 is 0.669. The summed E-state index contributed by atoms with van der Waals surface area (Å²) in [7, 11) is 0. The lowest BCUT2D eigenvalue weighted by atomic mass is 10.1. The normalized spacial score (nSPS) is 13.2. The maximum Gasteiger partial charge on any atom is 0.305 e. The molecule has 1 aromatic rings. The molecular formula is C15H15BrN2O5. The van der Waals surface area contributed by atoms with E-state index in [9.17, 15) is 19.2 Å². The van der Waals surface area contributed by atoms with Gasteiger partial charge in [-0.25, -0.2) is 0 Å². The summed E-state index contributed by atoms with van der Waals surface area (Å²) in [6.07, 6.45) is -0.186. The molecular weight excluding hydrogens is 368 g/mol. The second-order valence-corrected chi connectivity index (χ2v) is 5.92. The lowest BCUT2D eigenvalue weighted by Gasteiger charge is -2.22. The minimum absolute atomic E-state index is 0.0411. The number of hydrogen-bond donors (Lipinski definition) is 1. The van der Waals surface area contributed by atoms with Crippen LogP contribution in [0.3, 0.4) is 0 Å². The number of carbonyl (C=O) groups is 4. The highest BCUT2D eigenvalue weighted by Gasteiger charge is 2.37. The average Bonchev–Trinajstić information content (AvgIpc) is 2.72. The summed E-state index contributed by atoms with van der Waals surface area (Å²) >= 11 is 3.24. The second-order valence-electron chi connectivity index (χ2n) is 5.00. The van der Waals surface area contributed by atoms with Gasteiger partial charge in [0.05, 0.1) is 17.5 Å². The molecule has 2 rings (SSSR count). The van der Waals surface area contributed by atoms with Crippen LogP contribution in [0.5, 0.6) is 0 Å². The Morgan fingerprint density at radius 3 is 2.48 bits per heavy atom. The summed E-state index contributed by atoms with van der Waals surface area (Å²) in [6.45, 7) is 1.66. The molecule has 0 aliphatic carbocycles. The summed E-state index contributed by atoms with van der Waals surface area (Å²) in [5, 5.41) is 8.69. The molecule has 3 amide bonds. The quantitative estimate of drug-likeness (QED) is 0.749. The van der Waals surface area contributed by atoms with Crippen LogP contribution in [0.2, 0.25) is 0 Å². The zero-order valence-corrected chi connectivity index (χ0v) is 14.0. The van der Waals surface area contributed by atoms with Crippen molar-refractivity contribution in [3.63, 3.8) is 0 Å².